The van der Waals surface area contributed by atoms with Crippen LogP contribution < -0.4 is 27.4 Å². The van der Waals surface area contributed by atoms with Gasteiger partial charge < -0.3 is 37.5 Å². The molecule has 0 aromatic carbocycles. The quantitative estimate of drug-likeness (QED) is 0.103. The molecule has 3 amide bonds. The Morgan fingerprint density at radius 1 is 1.06 bits per heavy atom. The predicted molar refractivity (Wildman–Crippen MR) is 130 cm³/mol. The second kappa shape index (κ2) is 15.3. The van der Waals surface area contributed by atoms with Crippen molar-refractivity contribution in [1.29, 1.82) is 0 Å². The molecule has 0 bridgehead atoms. The first kappa shape index (κ1) is 29.4. The van der Waals surface area contributed by atoms with E-state index in [0.717, 1.165) is 6.42 Å². The van der Waals surface area contributed by atoms with Crippen molar-refractivity contribution in [3.05, 3.63) is 18.2 Å². The summed E-state index contributed by atoms with van der Waals surface area (Å²) in [4.78, 5) is 56.5. The fourth-order valence-electron chi connectivity index (χ4n) is 3.18. The molecule has 13 heteroatoms. The lowest BCUT2D eigenvalue weighted by Crippen LogP contribution is -2.58. The van der Waals surface area contributed by atoms with Gasteiger partial charge in [-0.25, -0.2) is 9.78 Å². The number of thiol groups is 1. The Labute approximate surface area is 204 Å². The first-order valence-corrected chi connectivity index (χ1v) is 11.9. The zero-order chi connectivity index (χ0) is 25.7. The van der Waals surface area contributed by atoms with Crippen LogP contribution in [-0.4, -0.2) is 75.2 Å². The van der Waals surface area contributed by atoms with Gasteiger partial charge in [0.2, 0.25) is 17.7 Å². The summed E-state index contributed by atoms with van der Waals surface area (Å²) in [6, 6.07) is -4.05. The van der Waals surface area contributed by atoms with Gasteiger partial charge in [-0.2, -0.15) is 12.6 Å². The molecule has 12 nitrogen and oxygen atoms in total. The number of nitrogens with one attached hydrogen (secondary N) is 4. The van der Waals surface area contributed by atoms with E-state index in [-0.39, 0.29) is 18.1 Å². The Bertz CT molecular complexity index is 790. The summed E-state index contributed by atoms with van der Waals surface area (Å²) in [5, 5.41) is 16.9. The van der Waals surface area contributed by atoms with Crippen LogP contribution in [0.5, 0.6) is 0 Å². The number of aromatic nitrogens is 2. The zero-order valence-electron chi connectivity index (χ0n) is 19.6. The minimum Gasteiger partial charge on any atom is -0.480 e. The maximum absolute atomic E-state index is 13.1. The number of carbonyl (C=O) groups excluding carboxylic acids is 3. The van der Waals surface area contributed by atoms with Crippen molar-refractivity contribution in [3.8, 4) is 0 Å². The van der Waals surface area contributed by atoms with E-state index in [0.29, 0.717) is 31.5 Å². The molecule has 0 spiro atoms. The number of carboxylic acid groups (broad SMARTS) is 1. The molecule has 0 aliphatic carbocycles. The summed E-state index contributed by atoms with van der Waals surface area (Å²) in [6.07, 6.45) is 5.14. The van der Waals surface area contributed by atoms with E-state index in [1.54, 1.807) is 0 Å². The summed E-state index contributed by atoms with van der Waals surface area (Å²) in [6.45, 7) is 4.29. The molecule has 0 saturated carbocycles. The molecule has 4 atom stereocenters. The van der Waals surface area contributed by atoms with Crippen LogP contribution in [0.3, 0.4) is 0 Å². The van der Waals surface area contributed by atoms with Gasteiger partial charge in [0, 0.05) is 24.1 Å². The molecule has 9 N–H and O–H groups in total. The highest BCUT2D eigenvalue weighted by atomic mass is 32.1. The van der Waals surface area contributed by atoms with Gasteiger partial charge in [0.05, 0.1) is 12.4 Å². The first-order chi connectivity index (χ1) is 16.1. The average Bonchev–Trinajstić information content (AvgIpc) is 3.28. The van der Waals surface area contributed by atoms with Crippen molar-refractivity contribution < 1.29 is 24.3 Å². The fraction of sp³-hybridized carbons (Fsp3) is 0.667. The highest BCUT2D eigenvalue weighted by molar-refractivity contribution is 7.80. The van der Waals surface area contributed by atoms with Crippen LogP contribution >= 0.6 is 12.6 Å². The molecule has 1 aromatic heterocycles. The van der Waals surface area contributed by atoms with Gasteiger partial charge in [0.25, 0.3) is 0 Å². The number of aliphatic carboxylic acids is 1. The standard InChI is InChI=1S/C21H37N7O5S/c1-12(2)7-15(26-18(29)14(23)5-3-4-6-22)19(30)27-16(8-13-9-24-11-25-13)20(31)28-17(10-34)21(32)33/h9,11-12,14-17,34H,3-8,10,22-23H2,1-2H3,(H,24,25)(H,26,29)(H,27,30)(H,28,31)(H,32,33). The molecule has 34 heavy (non-hydrogen) atoms. The number of imidazole rings is 1. The molecule has 0 aliphatic rings. The Hall–Kier alpha value is -2.64. The number of rotatable bonds is 16. The van der Waals surface area contributed by atoms with Gasteiger partial charge in [-0.15, -0.1) is 0 Å². The third-order valence-electron chi connectivity index (χ3n) is 5.06. The minimum atomic E-state index is -1.25. The topological polar surface area (TPSA) is 205 Å². The maximum Gasteiger partial charge on any atom is 0.327 e. The highest BCUT2D eigenvalue weighted by Crippen LogP contribution is 2.08. The van der Waals surface area contributed by atoms with Gasteiger partial charge in [-0.1, -0.05) is 20.3 Å². The maximum atomic E-state index is 13.1. The van der Waals surface area contributed by atoms with E-state index in [2.05, 4.69) is 38.5 Å². The van der Waals surface area contributed by atoms with E-state index >= 15 is 0 Å². The van der Waals surface area contributed by atoms with Crippen molar-refractivity contribution >= 4 is 36.3 Å². The van der Waals surface area contributed by atoms with E-state index in [1.165, 1.54) is 12.5 Å². The number of hydrogen-bond donors (Lipinski definition) is 8. The largest absolute Gasteiger partial charge is 0.480 e. The van der Waals surface area contributed by atoms with Gasteiger partial charge in [0.15, 0.2) is 0 Å². The van der Waals surface area contributed by atoms with E-state index in [4.69, 9.17) is 11.5 Å². The predicted octanol–water partition coefficient (Wildman–Crippen LogP) is -1.08. The van der Waals surface area contributed by atoms with Gasteiger partial charge in [-0.3, -0.25) is 14.4 Å². The minimum absolute atomic E-state index is 0.0391. The molecule has 1 aromatic rings. The van der Waals surface area contributed by atoms with Crippen molar-refractivity contribution in [2.75, 3.05) is 12.3 Å². The van der Waals surface area contributed by atoms with Gasteiger partial charge in [0.1, 0.15) is 18.1 Å². The van der Waals surface area contributed by atoms with Crippen molar-refractivity contribution in [2.24, 2.45) is 17.4 Å². The SMILES string of the molecule is CC(C)CC(NC(=O)C(N)CCCCN)C(=O)NC(Cc1cnc[nH]1)C(=O)NC(CS)C(=O)O. The first-order valence-electron chi connectivity index (χ1n) is 11.3. The van der Waals surface area contributed by atoms with E-state index < -0.39 is 47.9 Å². The number of nitrogens with zero attached hydrogens (tertiary/aromatic N) is 1. The van der Waals surface area contributed by atoms with Gasteiger partial charge in [-0.05, 0) is 31.7 Å². The summed E-state index contributed by atoms with van der Waals surface area (Å²) in [7, 11) is 0. The lowest BCUT2D eigenvalue weighted by molar-refractivity contribution is -0.141. The summed E-state index contributed by atoms with van der Waals surface area (Å²) < 4.78 is 0. The van der Waals surface area contributed by atoms with E-state index in [9.17, 15) is 24.3 Å². The molecule has 4 unspecified atom stereocenters. The van der Waals surface area contributed by atoms with Crippen molar-refractivity contribution in [3.63, 3.8) is 0 Å². The van der Waals surface area contributed by atoms with Crippen molar-refractivity contribution in [1.82, 2.24) is 25.9 Å². The van der Waals surface area contributed by atoms with Crippen molar-refractivity contribution in [2.45, 2.75) is 70.1 Å². The number of amides is 3. The Balaban J connectivity index is 2.96. The Morgan fingerprint density at radius 3 is 2.21 bits per heavy atom. The number of nitrogens with two attached hydrogens (primary N) is 2. The number of carboxylic acids is 1. The number of H-pyrrole nitrogens is 1. The molecule has 0 radical (unpaired) electrons. The van der Waals surface area contributed by atoms with Crippen LogP contribution in [0.4, 0.5) is 0 Å². The molecule has 0 fully saturated rings. The smallest absolute Gasteiger partial charge is 0.327 e. The number of unbranched alkanes of at least 4 members (excludes halogenated alkanes) is 1. The normalized spacial score (nSPS) is 14.6. The molecule has 0 saturated heterocycles. The second-order valence-corrected chi connectivity index (χ2v) is 8.87. The number of hydrogen-bond acceptors (Lipinski definition) is 8. The average molecular weight is 500 g/mol. The molecule has 1 heterocycles. The zero-order valence-corrected chi connectivity index (χ0v) is 20.5. The monoisotopic (exact) mass is 499 g/mol. The van der Waals surface area contributed by atoms with Crippen LogP contribution in [0.1, 0.15) is 45.2 Å². The second-order valence-electron chi connectivity index (χ2n) is 8.51. The summed E-state index contributed by atoms with van der Waals surface area (Å²) in [5.41, 5.74) is 12.0. The van der Waals surface area contributed by atoms with Crippen LogP contribution in [0.2, 0.25) is 0 Å². The Morgan fingerprint density at radius 2 is 1.68 bits per heavy atom. The molecular formula is C21H37N7O5S. The van der Waals surface area contributed by atoms with Crippen LogP contribution in [0, 0.1) is 5.92 Å². The lowest BCUT2D eigenvalue weighted by Gasteiger charge is -2.25. The molecular weight excluding hydrogens is 462 g/mol. The van der Waals surface area contributed by atoms with E-state index in [1.807, 2.05) is 13.8 Å². The molecule has 1 rings (SSSR count). The Kier molecular flexibility index (Phi) is 13.2. The molecule has 192 valence electrons. The number of carbonyl (C=O) groups is 4. The third kappa shape index (κ3) is 10.5. The fourth-order valence-corrected chi connectivity index (χ4v) is 3.42. The molecule has 0 aliphatic heterocycles. The number of aromatic amines is 1. The van der Waals surface area contributed by atoms with Gasteiger partial charge >= 0.3 is 5.97 Å². The van der Waals surface area contributed by atoms with Crippen LogP contribution in [0.15, 0.2) is 12.5 Å². The highest BCUT2D eigenvalue weighted by Gasteiger charge is 2.30. The van der Waals surface area contributed by atoms with Crippen LogP contribution in [0.25, 0.3) is 0 Å². The lowest BCUT2D eigenvalue weighted by atomic mass is 10.0. The van der Waals surface area contributed by atoms with Crippen LogP contribution in [-0.2, 0) is 25.6 Å². The summed E-state index contributed by atoms with van der Waals surface area (Å²) >= 11 is 3.95. The summed E-state index contributed by atoms with van der Waals surface area (Å²) in [5.74, 6) is -3.05. The third-order valence-corrected chi connectivity index (χ3v) is 5.42.